The Morgan fingerprint density at radius 2 is 1.88 bits per heavy atom. The predicted octanol–water partition coefficient (Wildman–Crippen LogP) is 3.06. The number of nitrogens with one attached hydrogen (secondary N) is 1. The third-order valence-corrected chi connectivity index (χ3v) is 5.87. The molecule has 2 rings (SSSR count). The van der Waals surface area contributed by atoms with E-state index in [1.807, 2.05) is 0 Å². The molecule has 0 heterocycles. The average Bonchev–Trinajstić information content (AvgIpc) is 2.58. The fourth-order valence-electron chi connectivity index (χ4n) is 2.19. The van der Waals surface area contributed by atoms with E-state index in [0.717, 1.165) is 34.1 Å². The molecule has 0 unspecified atom stereocenters. The van der Waals surface area contributed by atoms with Crippen LogP contribution in [0.4, 0.5) is 10.1 Å². The molecule has 0 radical (unpaired) electrons. The Balaban J connectivity index is 2.14. The number of carbonyl (C=O) groups is 1. The van der Waals surface area contributed by atoms with Gasteiger partial charge in [0.25, 0.3) is 0 Å². The van der Waals surface area contributed by atoms with Crippen LogP contribution in [-0.2, 0) is 14.8 Å². The van der Waals surface area contributed by atoms with Crippen LogP contribution in [0.5, 0.6) is 5.75 Å². The highest BCUT2D eigenvalue weighted by molar-refractivity contribution is 7.89. The quantitative estimate of drug-likeness (QED) is 0.808. The summed E-state index contributed by atoms with van der Waals surface area (Å²) in [6, 6.07) is 7.57. The summed E-state index contributed by atoms with van der Waals surface area (Å²) >= 11 is 6.02. The highest BCUT2D eigenvalue weighted by Gasteiger charge is 2.23. The summed E-state index contributed by atoms with van der Waals surface area (Å²) in [6.07, 6.45) is 0. The molecule has 2 aromatic rings. The van der Waals surface area contributed by atoms with Crippen LogP contribution in [0, 0.1) is 12.7 Å². The van der Waals surface area contributed by atoms with Crippen molar-refractivity contribution in [1.82, 2.24) is 4.31 Å². The van der Waals surface area contributed by atoms with Crippen LogP contribution >= 0.6 is 11.6 Å². The molecular formula is C17H18ClFN2O4S. The van der Waals surface area contributed by atoms with Gasteiger partial charge in [-0.1, -0.05) is 11.6 Å². The largest absolute Gasteiger partial charge is 0.495 e. The van der Waals surface area contributed by atoms with Crippen molar-refractivity contribution in [2.75, 3.05) is 26.0 Å². The zero-order valence-electron chi connectivity index (χ0n) is 14.4. The SMILES string of the molecule is COc1cc(Cl)c(C)cc1NC(=O)CN(C)S(=O)(=O)c1ccc(F)cc1. The van der Waals surface area contributed by atoms with Gasteiger partial charge in [0.2, 0.25) is 15.9 Å². The molecule has 9 heteroatoms. The first kappa shape index (κ1) is 20.2. The van der Waals surface area contributed by atoms with Crippen LogP contribution in [0.25, 0.3) is 0 Å². The average molecular weight is 401 g/mol. The molecule has 1 amide bonds. The van der Waals surface area contributed by atoms with Gasteiger partial charge in [-0.15, -0.1) is 0 Å². The molecule has 0 bridgehead atoms. The Morgan fingerprint density at radius 1 is 1.27 bits per heavy atom. The van der Waals surface area contributed by atoms with Gasteiger partial charge >= 0.3 is 0 Å². The molecule has 0 aromatic heterocycles. The minimum Gasteiger partial charge on any atom is -0.495 e. The number of carbonyl (C=O) groups excluding carboxylic acids is 1. The number of ether oxygens (including phenoxy) is 1. The van der Waals surface area contributed by atoms with Gasteiger partial charge < -0.3 is 10.1 Å². The summed E-state index contributed by atoms with van der Waals surface area (Å²) in [7, 11) is -1.22. The molecule has 0 aliphatic heterocycles. The van der Waals surface area contributed by atoms with Crippen LogP contribution in [-0.4, -0.2) is 39.3 Å². The van der Waals surface area contributed by atoms with Crippen molar-refractivity contribution in [3.63, 3.8) is 0 Å². The van der Waals surface area contributed by atoms with Crippen LogP contribution in [0.2, 0.25) is 5.02 Å². The molecule has 140 valence electrons. The van der Waals surface area contributed by atoms with E-state index in [0.29, 0.717) is 16.5 Å². The van der Waals surface area contributed by atoms with Crippen LogP contribution < -0.4 is 10.1 Å². The summed E-state index contributed by atoms with van der Waals surface area (Å²) in [5.74, 6) is -0.745. The van der Waals surface area contributed by atoms with Crippen molar-refractivity contribution in [1.29, 1.82) is 0 Å². The Morgan fingerprint density at radius 3 is 2.46 bits per heavy atom. The lowest BCUT2D eigenvalue weighted by Gasteiger charge is -2.18. The lowest BCUT2D eigenvalue weighted by atomic mass is 10.2. The molecule has 2 aromatic carbocycles. The van der Waals surface area contributed by atoms with Crippen LogP contribution in [0.3, 0.4) is 0 Å². The number of hydrogen-bond acceptors (Lipinski definition) is 4. The Kier molecular flexibility index (Phi) is 6.22. The van der Waals surface area contributed by atoms with Crippen molar-refractivity contribution in [2.45, 2.75) is 11.8 Å². The zero-order valence-corrected chi connectivity index (χ0v) is 16.0. The Labute approximate surface area is 156 Å². The molecule has 0 spiro atoms. The van der Waals surface area contributed by atoms with E-state index in [1.165, 1.54) is 14.2 Å². The molecule has 0 fully saturated rings. The van der Waals surface area contributed by atoms with Crippen molar-refractivity contribution >= 4 is 33.2 Å². The molecular weight excluding hydrogens is 383 g/mol. The summed E-state index contributed by atoms with van der Waals surface area (Å²) < 4.78 is 43.9. The maximum atomic E-state index is 13.0. The number of benzene rings is 2. The van der Waals surface area contributed by atoms with Gasteiger partial charge in [-0.05, 0) is 42.8 Å². The van der Waals surface area contributed by atoms with Gasteiger partial charge in [0.15, 0.2) is 0 Å². The first-order chi connectivity index (χ1) is 12.1. The number of amides is 1. The standard InChI is InChI=1S/C17H18ClFN2O4S/c1-11-8-15(16(25-3)9-14(11)18)20-17(22)10-21(2)26(23,24)13-6-4-12(19)5-7-13/h4-9H,10H2,1-3H3,(H,20,22). The second-order valence-corrected chi connectivity index (χ2v) is 8.02. The number of likely N-dealkylation sites (N-methyl/N-ethyl adjacent to an activating group) is 1. The number of aryl methyl sites for hydroxylation is 1. The summed E-state index contributed by atoms with van der Waals surface area (Å²) in [5.41, 5.74) is 1.11. The van der Waals surface area contributed by atoms with Gasteiger partial charge in [0.05, 0.1) is 24.2 Å². The molecule has 0 aliphatic carbocycles. The molecule has 0 saturated carbocycles. The molecule has 0 saturated heterocycles. The molecule has 26 heavy (non-hydrogen) atoms. The molecule has 0 atom stereocenters. The molecule has 6 nitrogen and oxygen atoms in total. The maximum Gasteiger partial charge on any atom is 0.243 e. The summed E-state index contributed by atoms with van der Waals surface area (Å²) in [6.45, 7) is 1.34. The highest BCUT2D eigenvalue weighted by Crippen LogP contribution is 2.31. The number of hydrogen-bond donors (Lipinski definition) is 1. The second kappa shape index (κ2) is 8.03. The molecule has 0 aliphatic rings. The number of rotatable bonds is 6. The van der Waals surface area contributed by atoms with Crippen LogP contribution in [0.15, 0.2) is 41.3 Å². The second-order valence-electron chi connectivity index (χ2n) is 5.56. The van der Waals surface area contributed by atoms with E-state index >= 15 is 0 Å². The predicted molar refractivity (Wildman–Crippen MR) is 97.6 cm³/mol. The van der Waals surface area contributed by atoms with E-state index in [2.05, 4.69) is 5.32 Å². The first-order valence-corrected chi connectivity index (χ1v) is 9.33. The van der Waals surface area contributed by atoms with Gasteiger partial charge in [0.1, 0.15) is 11.6 Å². The van der Waals surface area contributed by atoms with E-state index in [9.17, 15) is 17.6 Å². The normalized spacial score (nSPS) is 11.5. The molecule has 1 N–H and O–H groups in total. The first-order valence-electron chi connectivity index (χ1n) is 7.51. The van der Waals surface area contributed by atoms with E-state index < -0.39 is 28.3 Å². The monoisotopic (exact) mass is 400 g/mol. The van der Waals surface area contributed by atoms with Gasteiger partial charge in [-0.25, -0.2) is 12.8 Å². The smallest absolute Gasteiger partial charge is 0.243 e. The van der Waals surface area contributed by atoms with Crippen LogP contribution in [0.1, 0.15) is 5.56 Å². The number of methoxy groups -OCH3 is 1. The van der Waals surface area contributed by atoms with E-state index in [1.54, 1.807) is 19.1 Å². The lowest BCUT2D eigenvalue weighted by Crippen LogP contribution is -2.35. The number of nitrogens with zero attached hydrogens (tertiary/aromatic N) is 1. The third-order valence-electron chi connectivity index (χ3n) is 3.64. The minimum absolute atomic E-state index is 0.103. The van der Waals surface area contributed by atoms with E-state index in [4.69, 9.17) is 16.3 Å². The Bertz CT molecular complexity index is 917. The van der Waals surface area contributed by atoms with Gasteiger partial charge in [-0.2, -0.15) is 4.31 Å². The fourth-order valence-corrected chi connectivity index (χ4v) is 3.47. The van der Waals surface area contributed by atoms with E-state index in [-0.39, 0.29) is 4.90 Å². The Hall–Kier alpha value is -2.16. The maximum absolute atomic E-state index is 13.0. The van der Waals surface area contributed by atoms with Gasteiger partial charge in [0, 0.05) is 18.1 Å². The van der Waals surface area contributed by atoms with Crippen molar-refractivity contribution in [2.24, 2.45) is 0 Å². The lowest BCUT2D eigenvalue weighted by molar-refractivity contribution is -0.116. The van der Waals surface area contributed by atoms with Gasteiger partial charge in [-0.3, -0.25) is 4.79 Å². The summed E-state index contributed by atoms with van der Waals surface area (Å²) in [5, 5.41) is 3.09. The van der Waals surface area contributed by atoms with Crippen molar-refractivity contribution in [3.05, 3.63) is 52.8 Å². The van der Waals surface area contributed by atoms with Crippen molar-refractivity contribution < 1.29 is 22.3 Å². The summed E-state index contributed by atoms with van der Waals surface area (Å²) in [4.78, 5) is 12.2. The van der Waals surface area contributed by atoms with Crippen molar-refractivity contribution in [3.8, 4) is 5.75 Å². The number of sulfonamides is 1. The minimum atomic E-state index is -3.92. The fraction of sp³-hybridized carbons (Fsp3) is 0.235. The number of halogens is 2. The third kappa shape index (κ3) is 4.51. The number of anilines is 1. The topological polar surface area (TPSA) is 75.7 Å². The zero-order chi connectivity index (χ0) is 19.5. The highest BCUT2D eigenvalue weighted by atomic mass is 35.5.